The van der Waals surface area contributed by atoms with Gasteiger partial charge in [-0.15, -0.1) is 11.8 Å². The first-order valence-corrected chi connectivity index (χ1v) is 8.07. The average molecular weight is 313 g/mol. The number of rotatable bonds is 7. The molecule has 1 aromatic carbocycles. The maximum absolute atomic E-state index is 13.5. The van der Waals surface area contributed by atoms with Crippen LogP contribution >= 0.6 is 11.8 Å². The number of aliphatic carboxylic acids is 1. The third kappa shape index (κ3) is 5.65. The van der Waals surface area contributed by atoms with Gasteiger partial charge in [0, 0.05) is 30.3 Å². The highest BCUT2D eigenvalue weighted by molar-refractivity contribution is 7.99. The molecule has 6 heteroatoms. The lowest BCUT2D eigenvalue weighted by Crippen LogP contribution is -2.38. The Bertz CT molecular complexity index is 464. The predicted octanol–water partition coefficient (Wildman–Crippen LogP) is 2.48. The summed E-state index contributed by atoms with van der Waals surface area (Å²) in [6.45, 7) is 2.50. The Kier molecular flexibility index (Phi) is 6.48. The Hall–Kier alpha value is -1.11. The average Bonchev–Trinajstić information content (AvgIpc) is 2.48. The molecular formula is C15H20FNO3S. The highest BCUT2D eigenvalue weighted by Gasteiger charge is 2.20. The van der Waals surface area contributed by atoms with Crippen molar-refractivity contribution in [2.24, 2.45) is 0 Å². The van der Waals surface area contributed by atoms with E-state index in [0.29, 0.717) is 4.90 Å². The molecule has 1 aliphatic heterocycles. The van der Waals surface area contributed by atoms with Crippen molar-refractivity contribution >= 4 is 17.7 Å². The van der Waals surface area contributed by atoms with Crippen LogP contribution in [0.5, 0.6) is 0 Å². The zero-order chi connectivity index (χ0) is 15.1. The van der Waals surface area contributed by atoms with E-state index in [1.54, 1.807) is 12.1 Å². The summed E-state index contributed by atoms with van der Waals surface area (Å²) in [6, 6.07) is 6.82. The van der Waals surface area contributed by atoms with Gasteiger partial charge in [-0.05, 0) is 25.0 Å². The molecule has 0 aromatic heterocycles. The molecular weight excluding hydrogens is 293 g/mol. The van der Waals surface area contributed by atoms with E-state index >= 15 is 0 Å². The molecule has 0 unspecified atom stereocenters. The fraction of sp³-hybridized carbons (Fsp3) is 0.533. The first-order valence-electron chi connectivity index (χ1n) is 7.08. The number of hydrogen-bond acceptors (Lipinski definition) is 4. The van der Waals surface area contributed by atoms with Crippen LogP contribution in [0.1, 0.15) is 12.8 Å². The van der Waals surface area contributed by atoms with Crippen LogP contribution in [0.25, 0.3) is 0 Å². The number of thioether (sulfide) groups is 1. The second-order valence-corrected chi connectivity index (χ2v) is 6.16. The molecule has 4 nitrogen and oxygen atoms in total. The minimum absolute atomic E-state index is 0.0524. The normalized spacial score (nSPS) is 17.0. The maximum atomic E-state index is 13.5. The molecule has 0 atom stereocenters. The molecule has 2 rings (SSSR count). The molecule has 1 heterocycles. The SMILES string of the molecule is O=C(O)COC1CCN(CCSc2ccccc2F)CC1. The first kappa shape index (κ1) is 16.3. The number of carbonyl (C=O) groups is 1. The number of halogens is 1. The molecule has 1 fully saturated rings. The zero-order valence-corrected chi connectivity index (χ0v) is 12.7. The number of likely N-dealkylation sites (tertiary alicyclic amines) is 1. The summed E-state index contributed by atoms with van der Waals surface area (Å²) in [5, 5.41) is 8.57. The van der Waals surface area contributed by atoms with Crippen LogP contribution in [-0.2, 0) is 9.53 Å². The Morgan fingerprint density at radius 3 is 2.76 bits per heavy atom. The van der Waals surface area contributed by atoms with Crippen molar-refractivity contribution in [1.29, 1.82) is 0 Å². The molecule has 21 heavy (non-hydrogen) atoms. The van der Waals surface area contributed by atoms with Crippen molar-refractivity contribution in [2.45, 2.75) is 23.8 Å². The van der Waals surface area contributed by atoms with Crippen LogP contribution in [0.4, 0.5) is 4.39 Å². The number of piperidine rings is 1. The molecule has 116 valence electrons. The summed E-state index contributed by atoms with van der Waals surface area (Å²) in [5.41, 5.74) is 0. The summed E-state index contributed by atoms with van der Waals surface area (Å²) in [5.74, 6) is -0.233. The van der Waals surface area contributed by atoms with E-state index in [1.807, 2.05) is 6.07 Å². The van der Waals surface area contributed by atoms with Crippen molar-refractivity contribution in [1.82, 2.24) is 4.90 Å². The Morgan fingerprint density at radius 1 is 1.38 bits per heavy atom. The lowest BCUT2D eigenvalue weighted by atomic mass is 10.1. The van der Waals surface area contributed by atoms with Crippen LogP contribution in [0, 0.1) is 5.82 Å². The van der Waals surface area contributed by atoms with Gasteiger partial charge in [-0.2, -0.15) is 0 Å². The lowest BCUT2D eigenvalue weighted by molar-refractivity contribution is -0.145. The quantitative estimate of drug-likeness (QED) is 0.784. The monoisotopic (exact) mass is 313 g/mol. The minimum atomic E-state index is -0.918. The van der Waals surface area contributed by atoms with Gasteiger partial charge in [-0.3, -0.25) is 0 Å². The van der Waals surface area contributed by atoms with Gasteiger partial charge >= 0.3 is 5.97 Å². The largest absolute Gasteiger partial charge is 0.480 e. The van der Waals surface area contributed by atoms with Gasteiger partial charge < -0.3 is 14.7 Å². The number of carboxylic acids is 1. The fourth-order valence-electron chi connectivity index (χ4n) is 2.34. The number of benzene rings is 1. The first-order chi connectivity index (χ1) is 10.1. The van der Waals surface area contributed by atoms with Gasteiger partial charge in [0.25, 0.3) is 0 Å². The zero-order valence-electron chi connectivity index (χ0n) is 11.8. The van der Waals surface area contributed by atoms with E-state index in [1.165, 1.54) is 17.8 Å². The molecule has 1 saturated heterocycles. The highest BCUT2D eigenvalue weighted by Crippen LogP contribution is 2.22. The van der Waals surface area contributed by atoms with E-state index in [0.717, 1.165) is 38.2 Å². The molecule has 0 aliphatic carbocycles. The molecule has 0 bridgehead atoms. The summed E-state index contributed by atoms with van der Waals surface area (Å²) in [4.78, 5) is 13.4. The topological polar surface area (TPSA) is 49.8 Å². The Labute approximate surface area is 128 Å². The summed E-state index contributed by atoms with van der Waals surface area (Å²) in [6.07, 6.45) is 1.77. The van der Waals surface area contributed by atoms with E-state index < -0.39 is 5.97 Å². The van der Waals surface area contributed by atoms with Crippen molar-refractivity contribution in [3.05, 3.63) is 30.1 Å². The molecule has 0 spiro atoms. The van der Waals surface area contributed by atoms with Gasteiger partial charge in [-0.1, -0.05) is 12.1 Å². The van der Waals surface area contributed by atoms with Gasteiger partial charge in [0.15, 0.2) is 0 Å². The summed E-state index contributed by atoms with van der Waals surface area (Å²) < 4.78 is 18.8. The van der Waals surface area contributed by atoms with Crippen molar-refractivity contribution in [3.63, 3.8) is 0 Å². The third-order valence-corrected chi connectivity index (χ3v) is 4.51. The Morgan fingerprint density at radius 2 is 2.10 bits per heavy atom. The van der Waals surface area contributed by atoms with Gasteiger partial charge in [0.1, 0.15) is 12.4 Å². The van der Waals surface area contributed by atoms with Gasteiger partial charge in [0.05, 0.1) is 6.10 Å². The molecule has 0 saturated carbocycles. The standard InChI is InChI=1S/C15H20FNO3S/c16-13-3-1-2-4-14(13)21-10-9-17-7-5-12(6-8-17)20-11-15(18)19/h1-4,12H,5-11H2,(H,18,19). The van der Waals surface area contributed by atoms with Gasteiger partial charge in [-0.25, -0.2) is 9.18 Å². The van der Waals surface area contributed by atoms with E-state index in [9.17, 15) is 9.18 Å². The smallest absolute Gasteiger partial charge is 0.329 e. The summed E-state index contributed by atoms with van der Waals surface area (Å²) in [7, 11) is 0. The maximum Gasteiger partial charge on any atom is 0.329 e. The fourth-order valence-corrected chi connectivity index (χ4v) is 3.29. The second kappa shape index (κ2) is 8.36. The molecule has 1 aromatic rings. The van der Waals surface area contributed by atoms with E-state index in [4.69, 9.17) is 9.84 Å². The minimum Gasteiger partial charge on any atom is -0.480 e. The van der Waals surface area contributed by atoms with Crippen LogP contribution in [0.15, 0.2) is 29.2 Å². The summed E-state index contributed by atoms with van der Waals surface area (Å²) >= 11 is 1.53. The predicted molar refractivity (Wildman–Crippen MR) is 80.2 cm³/mol. The van der Waals surface area contributed by atoms with Crippen LogP contribution in [-0.4, -0.2) is 54.1 Å². The number of carboxylic acid groups (broad SMARTS) is 1. The van der Waals surface area contributed by atoms with E-state index in [-0.39, 0.29) is 18.5 Å². The molecule has 0 radical (unpaired) electrons. The van der Waals surface area contributed by atoms with Gasteiger partial charge in [0.2, 0.25) is 0 Å². The molecule has 1 N–H and O–H groups in total. The van der Waals surface area contributed by atoms with Crippen molar-refractivity contribution in [3.8, 4) is 0 Å². The lowest BCUT2D eigenvalue weighted by Gasteiger charge is -2.31. The Balaban J connectivity index is 1.63. The number of ether oxygens (including phenoxy) is 1. The number of nitrogens with zero attached hydrogens (tertiary/aromatic N) is 1. The molecule has 0 amide bonds. The second-order valence-electron chi connectivity index (χ2n) is 5.02. The van der Waals surface area contributed by atoms with Crippen LogP contribution in [0.2, 0.25) is 0 Å². The highest BCUT2D eigenvalue weighted by atomic mass is 32.2. The van der Waals surface area contributed by atoms with Crippen LogP contribution in [0.3, 0.4) is 0 Å². The van der Waals surface area contributed by atoms with E-state index in [2.05, 4.69) is 4.90 Å². The van der Waals surface area contributed by atoms with Crippen molar-refractivity contribution in [2.75, 3.05) is 32.0 Å². The van der Waals surface area contributed by atoms with Crippen LogP contribution < -0.4 is 0 Å². The third-order valence-electron chi connectivity index (χ3n) is 3.48. The van der Waals surface area contributed by atoms with Crippen molar-refractivity contribution < 1.29 is 19.0 Å². The number of hydrogen-bond donors (Lipinski definition) is 1. The molecule has 1 aliphatic rings.